The Labute approximate surface area is 133 Å². The van der Waals surface area contributed by atoms with Gasteiger partial charge in [-0.2, -0.15) is 0 Å². The summed E-state index contributed by atoms with van der Waals surface area (Å²) in [5, 5.41) is 0. The number of hydrogen-bond donors (Lipinski definition) is 1. The molecule has 2 aromatic rings. The monoisotopic (exact) mass is 343 g/mol. The van der Waals surface area contributed by atoms with Crippen LogP contribution in [0.5, 0.6) is 0 Å². The SMILES string of the molecule is Cc1cccc(N2C(N)=NCC2c2ccc(Br)c(C)c2)c1. The number of anilines is 1. The molecule has 4 heteroatoms. The lowest BCUT2D eigenvalue weighted by atomic mass is 10.0. The first-order valence-electron chi connectivity index (χ1n) is 6.98. The van der Waals surface area contributed by atoms with E-state index in [1.807, 2.05) is 0 Å². The predicted octanol–water partition coefficient (Wildman–Crippen LogP) is 3.94. The van der Waals surface area contributed by atoms with Gasteiger partial charge in [0, 0.05) is 10.2 Å². The van der Waals surface area contributed by atoms with Crippen molar-refractivity contribution >= 4 is 27.6 Å². The lowest BCUT2D eigenvalue weighted by Crippen LogP contribution is -2.36. The molecule has 0 saturated heterocycles. The lowest BCUT2D eigenvalue weighted by Gasteiger charge is -2.27. The summed E-state index contributed by atoms with van der Waals surface area (Å²) in [6.45, 7) is 4.89. The molecule has 1 atom stereocenters. The number of benzene rings is 2. The van der Waals surface area contributed by atoms with Crippen LogP contribution >= 0.6 is 15.9 Å². The van der Waals surface area contributed by atoms with Crippen molar-refractivity contribution in [2.24, 2.45) is 10.7 Å². The van der Waals surface area contributed by atoms with Crippen LogP contribution in [-0.2, 0) is 0 Å². The lowest BCUT2D eigenvalue weighted by molar-refractivity contribution is 0.767. The van der Waals surface area contributed by atoms with Gasteiger partial charge in [0.2, 0.25) is 0 Å². The van der Waals surface area contributed by atoms with Gasteiger partial charge >= 0.3 is 0 Å². The van der Waals surface area contributed by atoms with Gasteiger partial charge in [0.15, 0.2) is 5.96 Å². The molecule has 0 radical (unpaired) electrons. The topological polar surface area (TPSA) is 41.6 Å². The molecule has 3 nitrogen and oxygen atoms in total. The first-order valence-corrected chi connectivity index (χ1v) is 7.77. The van der Waals surface area contributed by atoms with Crippen LogP contribution in [0.1, 0.15) is 22.7 Å². The number of nitrogens with two attached hydrogens (primary N) is 1. The summed E-state index contributed by atoms with van der Waals surface area (Å²) in [6.07, 6.45) is 0. The molecular formula is C17H18BrN3. The van der Waals surface area contributed by atoms with Crippen molar-refractivity contribution in [3.63, 3.8) is 0 Å². The Morgan fingerprint density at radius 3 is 2.71 bits per heavy atom. The fourth-order valence-corrected chi connectivity index (χ4v) is 2.96. The fourth-order valence-electron chi connectivity index (χ4n) is 2.72. The van der Waals surface area contributed by atoms with E-state index in [0.29, 0.717) is 12.5 Å². The van der Waals surface area contributed by atoms with Crippen LogP contribution in [0.4, 0.5) is 5.69 Å². The zero-order valence-corrected chi connectivity index (χ0v) is 13.8. The molecule has 2 N–H and O–H groups in total. The van der Waals surface area contributed by atoms with Crippen molar-refractivity contribution in [3.8, 4) is 0 Å². The van der Waals surface area contributed by atoms with Crippen LogP contribution in [-0.4, -0.2) is 12.5 Å². The summed E-state index contributed by atoms with van der Waals surface area (Å²) < 4.78 is 1.13. The zero-order chi connectivity index (χ0) is 15.0. The molecule has 1 aliphatic heterocycles. The quantitative estimate of drug-likeness (QED) is 0.897. The average molecular weight is 344 g/mol. The van der Waals surface area contributed by atoms with E-state index >= 15 is 0 Å². The zero-order valence-electron chi connectivity index (χ0n) is 12.2. The molecule has 0 bridgehead atoms. The molecule has 0 fully saturated rings. The molecule has 0 amide bonds. The van der Waals surface area contributed by atoms with Gasteiger partial charge in [-0.05, 0) is 48.7 Å². The number of guanidine groups is 1. The van der Waals surface area contributed by atoms with Crippen molar-refractivity contribution < 1.29 is 0 Å². The molecule has 1 heterocycles. The average Bonchev–Trinajstić information content (AvgIpc) is 2.84. The third kappa shape index (κ3) is 2.68. The maximum absolute atomic E-state index is 6.12. The van der Waals surface area contributed by atoms with Gasteiger partial charge in [-0.15, -0.1) is 0 Å². The van der Waals surface area contributed by atoms with Crippen LogP contribution in [0.2, 0.25) is 0 Å². The van der Waals surface area contributed by atoms with Crippen molar-refractivity contribution in [3.05, 3.63) is 63.6 Å². The summed E-state index contributed by atoms with van der Waals surface area (Å²) >= 11 is 3.55. The summed E-state index contributed by atoms with van der Waals surface area (Å²) in [5.74, 6) is 0.589. The Hall–Kier alpha value is -1.81. The highest BCUT2D eigenvalue weighted by Gasteiger charge is 2.29. The minimum atomic E-state index is 0.165. The largest absolute Gasteiger partial charge is 0.369 e. The molecule has 2 aromatic carbocycles. The second kappa shape index (κ2) is 5.53. The maximum atomic E-state index is 6.12. The van der Waals surface area contributed by atoms with Crippen molar-refractivity contribution in [1.29, 1.82) is 0 Å². The van der Waals surface area contributed by atoms with E-state index in [9.17, 15) is 0 Å². The van der Waals surface area contributed by atoms with Crippen LogP contribution in [0.3, 0.4) is 0 Å². The van der Waals surface area contributed by atoms with E-state index in [1.165, 1.54) is 16.7 Å². The van der Waals surface area contributed by atoms with Crippen molar-refractivity contribution in [2.75, 3.05) is 11.4 Å². The third-order valence-corrected chi connectivity index (χ3v) is 4.72. The Morgan fingerprint density at radius 2 is 2.00 bits per heavy atom. The number of hydrogen-bond acceptors (Lipinski definition) is 3. The minimum absolute atomic E-state index is 0.165. The van der Waals surface area contributed by atoms with E-state index in [2.05, 4.69) is 82.1 Å². The molecule has 1 aliphatic rings. The third-order valence-electron chi connectivity index (χ3n) is 3.83. The number of nitrogens with zero attached hydrogens (tertiary/aromatic N) is 2. The Morgan fingerprint density at radius 1 is 1.19 bits per heavy atom. The molecular weight excluding hydrogens is 326 g/mol. The smallest absolute Gasteiger partial charge is 0.196 e. The molecule has 0 aromatic heterocycles. The normalized spacial score (nSPS) is 18.0. The number of rotatable bonds is 2. The number of aryl methyl sites for hydroxylation is 2. The second-order valence-corrected chi connectivity index (χ2v) is 6.29. The molecule has 21 heavy (non-hydrogen) atoms. The summed E-state index contributed by atoms with van der Waals surface area (Å²) in [5.41, 5.74) is 10.9. The molecule has 1 unspecified atom stereocenters. The van der Waals surface area contributed by atoms with E-state index in [1.54, 1.807) is 0 Å². The molecule has 0 spiro atoms. The van der Waals surface area contributed by atoms with Gasteiger partial charge in [0.25, 0.3) is 0 Å². The maximum Gasteiger partial charge on any atom is 0.196 e. The first kappa shape index (κ1) is 14.1. The standard InChI is InChI=1S/C17H18BrN3/c1-11-4-3-5-14(8-11)21-16(10-20-17(21)19)13-6-7-15(18)12(2)9-13/h3-9,16H,10H2,1-2H3,(H2,19,20). The fraction of sp³-hybridized carbons (Fsp3) is 0.235. The highest BCUT2D eigenvalue weighted by molar-refractivity contribution is 9.10. The van der Waals surface area contributed by atoms with Gasteiger partial charge in [-0.1, -0.05) is 40.2 Å². The summed E-state index contributed by atoms with van der Waals surface area (Å²) in [7, 11) is 0. The van der Waals surface area contributed by atoms with Crippen molar-refractivity contribution in [1.82, 2.24) is 0 Å². The highest BCUT2D eigenvalue weighted by atomic mass is 79.9. The van der Waals surface area contributed by atoms with Crippen LogP contribution in [0, 0.1) is 13.8 Å². The van der Waals surface area contributed by atoms with Crippen LogP contribution in [0.15, 0.2) is 51.9 Å². The predicted molar refractivity (Wildman–Crippen MR) is 91.8 cm³/mol. The van der Waals surface area contributed by atoms with Gasteiger partial charge in [0.05, 0.1) is 12.6 Å². The summed E-state index contributed by atoms with van der Waals surface area (Å²) in [6, 6.07) is 15.0. The number of aliphatic imine (C=N–C) groups is 1. The van der Waals surface area contributed by atoms with Gasteiger partial charge in [-0.25, -0.2) is 0 Å². The number of halogens is 1. The van der Waals surface area contributed by atoms with E-state index in [0.717, 1.165) is 10.2 Å². The Kier molecular flexibility index (Phi) is 3.72. The van der Waals surface area contributed by atoms with E-state index in [-0.39, 0.29) is 6.04 Å². The van der Waals surface area contributed by atoms with Gasteiger partial charge < -0.3 is 10.6 Å². The first-order chi connectivity index (χ1) is 10.1. The second-order valence-electron chi connectivity index (χ2n) is 5.43. The highest BCUT2D eigenvalue weighted by Crippen LogP contribution is 2.32. The molecule has 0 aliphatic carbocycles. The van der Waals surface area contributed by atoms with Crippen LogP contribution < -0.4 is 10.6 Å². The van der Waals surface area contributed by atoms with E-state index < -0.39 is 0 Å². The van der Waals surface area contributed by atoms with Crippen molar-refractivity contribution in [2.45, 2.75) is 19.9 Å². The molecule has 3 rings (SSSR count). The molecule has 0 saturated carbocycles. The van der Waals surface area contributed by atoms with Gasteiger partial charge in [-0.3, -0.25) is 4.99 Å². The van der Waals surface area contributed by atoms with E-state index in [4.69, 9.17) is 5.73 Å². The van der Waals surface area contributed by atoms with Crippen LogP contribution in [0.25, 0.3) is 0 Å². The Balaban J connectivity index is 2.00. The molecule has 108 valence electrons. The van der Waals surface area contributed by atoms with Gasteiger partial charge in [0.1, 0.15) is 0 Å². The summed E-state index contributed by atoms with van der Waals surface area (Å²) in [4.78, 5) is 6.56. The Bertz CT molecular complexity index is 709. The minimum Gasteiger partial charge on any atom is -0.369 e.